The minimum absolute atomic E-state index is 0.0730. The van der Waals surface area contributed by atoms with Crippen LogP contribution < -0.4 is 5.32 Å². The highest BCUT2D eigenvalue weighted by Crippen LogP contribution is 2.29. The molecular formula is C11H13ClN2O. The third-order valence-electron chi connectivity index (χ3n) is 2.71. The molecule has 0 saturated heterocycles. The van der Waals surface area contributed by atoms with Crippen molar-refractivity contribution in [3.05, 3.63) is 23.5 Å². The summed E-state index contributed by atoms with van der Waals surface area (Å²) in [7, 11) is 0. The summed E-state index contributed by atoms with van der Waals surface area (Å²) in [4.78, 5) is 15.4. The van der Waals surface area contributed by atoms with Crippen LogP contribution in [0.1, 0.15) is 25.7 Å². The Kier molecular flexibility index (Phi) is 3.21. The third-order valence-corrected chi connectivity index (χ3v) is 2.93. The van der Waals surface area contributed by atoms with Crippen molar-refractivity contribution in [1.82, 2.24) is 4.98 Å². The maximum Gasteiger partial charge on any atom is 0.224 e. The lowest BCUT2D eigenvalue weighted by atomic mass is 9.83. The highest BCUT2D eigenvalue weighted by atomic mass is 35.5. The standard InChI is InChI=1S/C11H13ClN2O/c12-10-5-4-9(7-13-10)14-11(15)6-8-2-1-3-8/h4-5,7-8H,1-3,6H2,(H,14,15). The van der Waals surface area contributed by atoms with Crippen LogP contribution in [0.15, 0.2) is 18.3 Å². The van der Waals surface area contributed by atoms with Crippen molar-refractivity contribution < 1.29 is 4.79 Å². The van der Waals surface area contributed by atoms with Gasteiger partial charge in [0.2, 0.25) is 5.91 Å². The third kappa shape index (κ3) is 2.93. The van der Waals surface area contributed by atoms with Crippen LogP contribution in [-0.2, 0) is 4.79 Å². The van der Waals surface area contributed by atoms with Crippen LogP contribution in [0.4, 0.5) is 5.69 Å². The minimum Gasteiger partial charge on any atom is -0.325 e. The molecule has 1 aliphatic carbocycles. The molecule has 1 saturated carbocycles. The Bertz CT molecular complexity index is 346. The molecule has 1 fully saturated rings. The van der Waals surface area contributed by atoms with Gasteiger partial charge >= 0.3 is 0 Å². The number of carbonyl (C=O) groups is 1. The molecule has 2 rings (SSSR count). The lowest BCUT2D eigenvalue weighted by molar-refractivity contribution is -0.117. The molecule has 0 unspecified atom stereocenters. The number of carbonyl (C=O) groups excluding carboxylic acids is 1. The van der Waals surface area contributed by atoms with Gasteiger partial charge in [-0.15, -0.1) is 0 Å². The highest BCUT2D eigenvalue weighted by Gasteiger charge is 2.20. The molecule has 1 aromatic rings. The average Bonchev–Trinajstić information content (AvgIpc) is 2.16. The van der Waals surface area contributed by atoms with Crippen molar-refractivity contribution in [2.45, 2.75) is 25.7 Å². The molecule has 1 aliphatic rings. The largest absolute Gasteiger partial charge is 0.325 e. The molecule has 4 heteroatoms. The number of hydrogen-bond acceptors (Lipinski definition) is 2. The van der Waals surface area contributed by atoms with Crippen molar-refractivity contribution in [1.29, 1.82) is 0 Å². The van der Waals surface area contributed by atoms with Gasteiger partial charge in [-0.1, -0.05) is 18.0 Å². The fourth-order valence-corrected chi connectivity index (χ4v) is 1.73. The number of aromatic nitrogens is 1. The quantitative estimate of drug-likeness (QED) is 0.803. The molecule has 1 N–H and O–H groups in total. The Morgan fingerprint density at radius 1 is 1.53 bits per heavy atom. The van der Waals surface area contributed by atoms with E-state index in [2.05, 4.69) is 10.3 Å². The maximum absolute atomic E-state index is 11.5. The van der Waals surface area contributed by atoms with Crippen molar-refractivity contribution in [2.24, 2.45) is 5.92 Å². The number of anilines is 1. The van der Waals surface area contributed by atoms with Gasteiger partial charge in [0.1, 0.15) is 5.15 Å². The SMILES string of the molecule is O=C(CC1CCC1)Nc1ccc(Cl)nc1. The molecule has 80 valence electrons. The number of pyridine rings is 1. The number of amides is 1. The second-order valence-corrected chi connectivity index (χ2v) is 4.31. The fourth-order valence-electron chi connectivity index (χ4n) is 1.62. The monoisotopic (exact) mass is 224 g/mol. The molecule has 1 amide bonds. The topological polar surface area (TPSA) is 42.0 Å². The Hall–Kier alpha value is -1.09. The van der Waals surface area contributed by atoms with E-state index >= 15 is 0 Å². The first-order valence-corrected chi connectivity index (χ1v) is 5.53. The van der Waals surface area contributed by atoms with Gasteiger partial charge in [0.05, 0.1) is 11.9 Å². The van der Waals surface area contributed by atoms with Crippen molar-refractivity contribution in [3.63, 3.8) is 0 Å². The molecule has 0 atom stereocenters. The Labute approximate surface area is 93.8 Å². The van der Waals surface area contributed by atoms with Crippen LogP contribution in [0, 0.1) is 5.92 Å². The maximum atomic E-state index is 11.5. The van der Waals surface area contributed by atoms with Crippen LogP contribution in [0.5, 0.6) is 0 Å². The van der Waals surface area contributed by atoms with Crippen molar-refractivity contribution >= 4 is 23.2 Å². The van der Waals surface area contributed by atoms with Gasteiger partial charge in [-0.3, -0.25) is 4.79 Å². The minimum atomic E-state index is 0.0730. The molecule has 15 heavy (non-hydrogen) atoms. The predicted octanol–water partition coefficient (Wildman–Crippen LogP) is 2.86. The molecule has 3 nitrogen and oxygen atoms in total. The smallest absolute Gasteiger partial charge is 0.224 e. The van der Waals surface area contributed by atoms with Crippen LogP contribution in [0.3, 0.4) is 0 Å². The van der Waals surface area contributed by atoms with Gasteiger partial charge in [-0.25, -0.2) is 4.98 Å². The fraction of sp³-hybridized carbons (Fsp3) is 0.455. The van der Waals surface area contributed by atoms with E-state index in [0.29, 0.717) is 23.2 Å². The zero-order valence-corrected chi connectivity index (χ0v) is 9.13. The van der Waals surface area contributed by atoms with Crippen LogP contribution >= 0.6 is 11.6 Å². The van der Waals surface area contributed by atoms with Gasteiger partial charge in [-0.05, 0) is 30.9 Å². The van der Waals surface area contributed by atoms with Gasteiger partial charge in [0, 0.05) is 6.42 Å². The van der Waals surface area contributed by atoms with E-state index in [0.717, 1.165) is 0 Å². The summed E-state index contributed by atoms with van der Waals surface area (Å²) in [6.07, 6.45) is 5.84. The molecule has 0 bridgehead atoms. The molecule has 1 aromatic heterocycles. The van der Waals surface area contributed by atoms with E-state index in [1.54, 1.807) is 18.3 Å². The van der Waals surface area contributed by atoms with Crippen molar-refractivity contribution in [3.8, 4) is 0 Å². The average molecular weight is 225 g/mol. The highest BCUT2D eigenvalue weighted by molar-refractivity contribution is 6.29. The van der Waals surface area contributed by atoms with E-state index in [9.17, 15) is 4.79 Å². The van der Waals surface area contributed by atoms with Gasteiger partial charge < -0.3 is 5.32 Å². The Morgan fingerprint density at radius 3 is 2.87 bits per heavy atom. The molecule has 0 spiro atoms. The summed E-state index contributed by atoms with van der Waals surface area (Å²) in [5.74, 6) is 0.661. The van der Waals surface area contributed by atoms with Gasteiger partial charge in [-0.2, -0.15) is 0 Å². The van der Waals surface area contributed by atoms with Gasteiger partial charge in [0.25, 0.3) is 0 Å². The van der Waals surface area contributed by atoms with E-state index in [4.69, 9.17) is 11.6 Å². The number of halogens is 1. The predicted molar refractivity (Wildman–Crippen MR) is 59.8 cm³/mol. The number of nitrogens with zero attached hydrogens (tertiary/aromatic N) is 1. The molecule has 0 aromatic carbocycles. The second-order valence-electron chi connectivity index (χ2n) is 3.92. The summed E-state index contributed by atoms with van der Waals surface area (Å²) in [5, 5.41) is 3.25. The number of hydrogen-bond donors (Lipinski definition) is 1. The number of rotatable bonds is 3. The Balaban J connectivity index is 1.84. The zero-order valence-electron chi connectivity index (χ0n) is 8.37. The van der Waals surface area contributed by atoms with Crippen LogP contribution in [-0.4, -0.2) is 10.9 Å². The van der Waals surface area contributed by atoms with Gasteiger partial charge in [0.15, 0.2) is 0 Å². The van der Waals surface area contributed by atoms with E-state index < -0.39 is 0 Å². The molecule has 1 heterocycles. The van der Waals surface area contributed by atoms with E-state index in [-0.39, 0.29) is 5.91 Å². The van der Waals surface area contributed by atoms with Crippen LogP contribution in [0.25, 0.3) is 0 Å². The first-order valence-electron chi connectivity index (χ1n) is 5.15. The number of nitrogens with one attached hydrogen (secondary N) is 1. The van der Waals surface area contributed by atoms with E-state index in [1.165, 1.54) is 19.3 Å². The summed E-state index contributed by atoms with van der Waals surface area (Å²) < 4.78 is 0. The summed E-state index contributed by atoms with van der Waals surface area (Å²) in [6.45, 7) is 0. The van der Waals surface area contributed by atoms with Crippen LogP contribution in [0.2, 0.25) is 5.15 Å². The lowest BCUT2D eigenvalue weighted by Crippen LogP contribution is -2.20. The van der Waals surface area contributed by atoms with E-state index in [1.807, 2.05) is 0 Å². The first-order chi connectivity index (χ1) is 7.24. The first kappa shape index (κ1) is 10.4. The molecule has 0 aliphatic heterocycles. The zero-order chi connectivity index (χ0) is 10.7. The van der Waals surface area contributed by atoms with Crippen molar-refractivity contribution in [2.75, 3.05) is 5.32 Å². The summed E-state index contributed by atoms with van der Waals surface area (Å²) >= 11 is 5.64. The Morgan fingerprint density at radius 2 is 2.33 bits per heavy atom. The lowest BCUT2D eigenvalue weighted by Gasteiger charge is -2.24. The summed E-state index contributed by atoms with van der Waals surface area (Å²) in [6, 6.07) is 3.43. The molecule has 0 radical (unpaired) electrons. The molecular weight excluding hydrogens is 212 g/mol. The second kappa shape index (κ2) is 4.62. The normalized spacial score (nSPS) is 15.8. The summed E-state index contributed by atoms with van der Waals surface area (Å²) in [5.41, 5.74) is 0.712.